The number of esters is 1. The molecule has 4 heteroatoms. The van der Waals surface area contributed by atoms with Crippen molar-refractivity contribution in [3.63, 3.8) is 0 Å². The molecule has 0 aromatic heterocycles. The molecule has 0 radical (unpaired) electrons. The molecule has 19 heavy (non-hydrogen) atoms. The minimum Gasteiger partial charge on any atom is -0.497 e. The van der Waals surface area contributed by atoms with Crippen molar-refractivity contribution in [1.29, 1.82) is 5.26 Å². The minimum atomic E-state index is -0.538. The first-order valence-corrected chi connectivity index (χ1v) is 6.19. The van der Waals surface area contributed by atoms with Crippen molar-refractivity contribution in [1.82, 2.24) is 0 Å². The molecule has 1 aliphatic carbocycles. The molecule has 0 atom stereocenters. The van der Waals surface area contributed by atoms with E-state index in [0.717, 1.165) is 28.9 Å². The van der Waals surface area contributed by atoms with Crippen molar-refractivity contribution >= 4 is 11.5 Å². The number of methoxy groups -OCH3 is 1. The zero-order valence-corrected chi connectivity index (χ0v) is 11.0. The molecule has 0 bridgehead atoms. The third-order valence-electron chi connectivity index (χ3n) is 3.18. The molecule has 1 aliphatic rings. The van der Waals surface area contributed by atoms with Crippen LogP contribution in [0.15, 0.2) is 23.8 Å². The Kier molecular flexibility index (Phi) is 3.86. The SMILES string of the molecule is CCOC(=O)C(C#N)=C1CCc2cc(OC)ccc21. The number of ether oxygens (including phenoxy) is 2. The Bertz CT molecular complexity index is 582. The molecule has 98 valence electrons. The second-order valence-electron chi connectivity index (χ2n) is 4.21. The average molecular weight is 257 g/mol. The van der Waals surface area contributed by atoms with Gasteiger partial charge in [-0.1, -0.05) is 6.07 Å². The summed E-state index contributed by atoms with van der Waals surface area (Å²) in [6, 6.07) is 7.65. The van der Waals surface area contributed by atoms with Gasteiger partial charge in [-0.15, -0.1) is 0 Å². The molecule has 1 aromatic carbocycles. The molecule has 0 saturated heterocycles. The minimum absolute atomic E-state index is 0.116. The van der Waals surface area contributed by atoms with Gasteiger partial charge in [0.05, 0.1) is 13.7 Å². The van der Waals surface area contributed by atoms with Gasteiger partial charge in [0, 0.05) is 0 Å². The lowest BCUT2D eigenvalue weighted by atomic mass is 10.0. The molecule has 0 N–H and O–H groups in total. The summed E-state index contributed by atoms with van der Waals surface area (Å²) in [7, 11) is 1.62. The Morgan fingerprint density at radius 3 is 2.84 bits per heavy atom. The molecule has 0 amide bonds. The normalized spacial score (nSPS) is 15.4. The summed E-state index contributed by atoms with van der Waals surface area (Å²) in [5.74, 6) is 0.248. The van der Waals surface area contributed by atoms with Crippen molar-refractivity contribution in [3.8, 4) is 11.8 Å². The molecule has 4 nitrogen and oxygen atoms in total. The van der Waals surface area contributed by atoms with Crippen LogP contribution >= 0.6 is 0 Å². The molecule has 0 fully saturated rings. The van der Waals surface area contributed by atoms with E-state index in [1.54, 1.807) is 14.0 Å². The van der Waals surface area contributed by atoms with Crippen LogP contribution in [0.2, 0.25) is 0 Å². The number of hydrogen-bond acceptors (Lipinski definition) is 4. The van der Waals surface area contributed by atoms with Gasteiger partial charge in [-0.3, -0.25) is 0 Å². The fraction of sp³-hybridized carbons (Fsp3) is 0.333. The van der Waals surface area contributed by atoms with Gasteiger partial charge in [0.1, 0.15) is 17.4 Å². The number of nitriles is 1. The summed E-state index contributed by atoms with van der Waals surface area (Å²) < 4.78 is 10.1. The van der Waals surface area contributed by atoms with Crippen LogP contribution in [0.5, 0.6) is 5.75 Å². The van der Waals surface area contributed by atoms with E-state index in [4.69, 9.17) is 9.47 Å². The summed E-state index contributed by atoms with van der Waals surface area (Å²) in [5.41, 5.74) is 2.95. The molecule has 0 saturated carbocycles. The quantitative estimate of drug-likeness (QED) is 0.474. The van der Waals surface area contributed by atoms with E-state index in [2.05, 4.69) is 0 Å². The monoisotopic (exact) mass is 257 g/mol. The third kappa shape index (κ3) is 2.45. The van der Waals surface area contributed by atoms with Gasteiger partial charge >= 0.3 is 5.97 Å². The van der Waals surface area contributed by atoms with Gasteiger partial charge in [-0.25, -0.2) is 4.79 Å². The van der Waals surface area contributed by atoms with Crippen LogP contribution in [0.1, 0.15) is 24.5 Å². The highest BCUT2D eigenvalue weighted by Gasteiger charge is 2.24. The van der Waals surface area contributed by atoms with E-state index in [9.17, 15) is 10.1 Å². The third-order valence-corrected chi connectivity index (χ3v) is 3.18. The lowest BCUT2D eigenvalue weighted by Crippen LogP contribution is -2.08. The van der Waals surface area contributed by atoms with E-state index in [-0.39, 0.29) is 12.2 Å². The van der Waals surface area contributed by atoms with Gasteiger partial charge < -0.3 is 9.47 Å². The summed E-state index contributed by atoms with van der Waals surface area (Å²) in [5, 5.41) is 9.18. The summed E-state index contributed by atoms with van der Waals surface area (Å²) >= 11 is 0. The van der Waals surface area contributed by atoms with Crippen LogP contribution in [0.4, 0.5) is 0 Å². The van der Waals surface area contributed by atoms with Gasteiger partial charge in [-0.2, -0.15) is 5.26 Å². The van der Waals surface area contributed by atoms with Crippen molar-refractivity contribution < 1.29 is 14.3 Å². The number of carbonyl (C=O) groups is 1. The summed E-state index contributed by atoms with van der Waals surface area (Å²) in [4.78, 5) is 11.8. The smallest absolute Gasteiger partial charge is 0.349 e. The van der Waals surface area contributed by atoms with E-state index in [0.29, 0.717) is 6.42 Å². The Labute approximate surface area is 112 Å². The zero-order chi connectivity index (χ0) is 13.8. The first-order valence-electron chi connectivity index (χ1n) is 6.19. The van der Waals surface area contributed by atoms with E-state index < -0.39 is 5.97 Å². The topological polar surface area (TPSA) is 59.3 Å². The fourth-order valence-electron chi connectivity index (χ4n) is 2.29. The standard InChI is InChI=1S/C15H15NO3/c1-3-19-15(17)14(9-16)13-6-4-10-8-11(18-2)5-7-12(10)13/h5,7-8H,3-4,6H2,1-2H3. The fourth-order valence-corrected chi connectivity index (χ4v) is 2.29. The molecule has 0 spiro atoms. The highest BCUT2D eigenvalue weighted by molar-refractivity contribution is 6.02. The second kappa shape index (κ2) is 5.57. The van der Waals surface area contributed by atoms with E-state index in [1.165, 1.54) is 0 Å². The van der Waals surface area contributed by atoms with Crippen LogP contribution in [-0.2, 0) is 16.0 Å². The Morgan fingerprint density at radius 2 is 2.21 bits per heavy atom. The van der Waals surface area contributed by atoms with Crippen LogP contribution in [0.25, 0.3) is 5.57 Å². The largest absolute Gasteiger partial charge is 0.497 e. The number of hydrogen-bond donors (Lipinski definition) is 0. The van der Waals surface area contributed by atoms with Crippen LogP contribution in [-0.4, -0.2) is 19.7 Å². The van der Waals surface area contributed by atoms with E-state index in [1.807, 2.05) is 24.3 Å². The molecule has 0 aliphatic heterocycles. The first kappa shape index (κ1) is 13.2. The van der Waals surface area contributed by atoms with E-state index >= 15 is 0 Å². The lowest BCUT2D eigenvalue weighted by molar-refractivity contribution is -0.137. The maximum atomic E-state index is 11.8. The maximum Gasteiger partial charge on any atom is 0.349 e. The molecule has 0 heterocycles. The summed E-state index contributed by atoms with van der Waals surface area (Å²) in [6.07, 6.45) is 1.50. The highest BCUT2D eigenvalue weighted by Crippen LogP contribution is 2.36. The van der Waals surface area contributed by atoms with Crippen molar-refractivity contribution in [3.05, 3.63) is 34.9 Å². The number of fused-ring (bicyclic) bond motifs is 1. The Hall–Kier alpha value is -2.28. The highest BCUT2D eigenvalue weighted by atomic mass is 16.5. The molecule has 1 aromatic rings. The molecular weight excluding hydrogens is 242 g/mol. The predicted molar refractivity (Wildman–Crippen MR) is 70.5 cm³/mol. The van der Waals surface area contributed by atoms with Gasteiger partial charge in [0.25, 0.3) is 0 Å². The number of aryl methyl sites for hydroxylation is 1. The lowest BCUT2D eigenvalue weighted by Gasteiger charge is -2.06. The maximum absolute atomic E-state index is 11.8. The number of benzene rings is 1. The van der Waals surface area contributed by atoms with Gasteiger partial charge in [0.2, 0.25) is 0 Å². The van der Waals surface area contributed by atoms with Gasteiger partial charge in [-0.05, 0) is 48.6 Å². The number of allylic oxidation sites excluding steroid dienone is 1. The predicted octanol–water partition coefficient (Wildman–Crippen LogP) is 2.48. The second-order valence-corrected chi connectivity index (χ2v) is 4.21. The Morgan fingerprint density at radius 1 is 1.42 bits per heavy atom. The average Bonchev–Trinajstić information content (AvgIpc) is 2.83. The van der Waals surface area contributed by atoms with Crippen molar-refractivity contribution in [2.45, 2.75) is 19.8 Å². The zero-order valence-electron chi connectivity index (χ0n) is 11.0. The summed E-state index contributed by atoms with van der Waals surface area (Å²) in [6.45, 7) is 2.00. The molecule has 2 rings (SSSR count). The number of carbonyl (C=O) groups excluding carboxylic acids is 1. The number of nitrogens with zero attached hydrogens (tertiary/aromatic N) is 1. The van der Waals surface area contributed by atoms with Crippen LogP contribution in [0, 0.1) is 11.3 Å². The molecular formula is C15H15NO3. The molecule has 0 unspecified atom stereocenters. The van der Waals surface area contributed by atoms with Crippen molar-refractivity contribution in [2.75, 3.05) is 13.7 Å². The Balaban J connectivity index is 2.45. The van der Waals surface area contributed by atoms with Crippen LogP contribution in [0.3, 0.4) is 0 Å². The number of rotatable bonds is 3. The van der Waals surface area contributed by atoms with Crippen LogP contribution < -0.4 is 4.74 Å². The first-order chi connectivity index (χ1) is 9.21. The van der Waals surface area contributed by atoms with Gasteiger partial charge in [0.15, 0.2) is 0 Å². The van der Waals surface area contributed by atoms with Crippen molar-refractivity contribution in [2.24, 2.45) is 0 Å².